The van der Waals surface area contributed by atoms with Gasteiger partial charge in [-0.1, -0.05) is 24.3 Å². The molecule has 1 aromatic heterocycles. The van der Waals surface area contributed by atoms with Crippen molar-refractivity contribution in [3.05, 3.63) is 95.1 Å². The highest BCUT2D eigenvalue weighted by Gasteiger charge is 2.16. The van der Waals surface area contributed by atoms with Crippen molar-refractivity contribution in [1.82, 2.24) is 9.88 Å². The van der Waals surface area contributed by atoms with Crippen molar-refractivity contribution in [3.8, 4) is 5.75 Å². The molecule has 2 aromatic carbocycles. The number of aryl methyl sites for hydroxylation is 1. The molecule has 1 saturated heterocycles. The number of benzene rings is 2. The molecule has 33 heavy (non-hydrogen) atoms. The molecule has 172 valence electrons. The molecular weight excluding hydrogens is 419 g/mol. The molecule has 0 atom stereocenters. The maximum Gasteiger partial charge on any atom is 0.171 e. The van der Waals surface area contributed by atoms with Crippen molar-refractivity contribution in [2.45, 2.75) is 25.9 Å². The first kappa shape index (κ1) is 23.1. The molecule has 0 N–H and O–H groups in total. The van der Waals surface area contributed by atoms with Gasteiger partial charge >= 0.3 is 0 Å². The average molecular weight is 449 g/mol. The van der Waals surface area contributed by atoms with Crippen LogP contribution < -0.4 is 4.74 Å². The minimum atomic E-state index is -0.285. The third kappa shape index (κ3) is 6.94. The van der Waals surface area contributed by atoms with Gasteiger partial charge in [0, 0.05) is 31.9 Å². The van der Waals surface area contributed by atoms with Crippen molar-refractivity contribution in [2.24, 2.45) is 0 Å². The van der Waals surface area contributed by atoms with E-state index in [9.17, 15) is 9.18 Å². The van der Waals surface area contributed by atoms with Gasteiger partial charge in [0.05, 0.1) is 18.8 Å². The fourth-order valence-electron chi connectivity index (χ4n) is 3.93. The van der Waals surface area contributed by atoms with E-state index >= 15 is 0 Å². The number of hydrogen-bond acceptors (Lipinski definition) is 5. The Bertz CT molecular complexity index is 1030. The van der Waals surface area contributed by atoms with Gasteiger partial charge in [-0.2, -0.15) is 0 Å². The van der Waals surface area contributed by atoms with Gasteiger partial charge in [-0.25, -0.2) is 4.39 Å². The van der Waals surface area contributed by atoms with Gasteiger partial charge in [0.2, 0.25) is 0 Å². The van der Waals surface area contributed by atoms with E-state index in [1.54, 1.807) is 24.5 Å². The lowest BCUT2D eigenvalue weighted by atomic mass is 9.99. The predicted octanol–water partition coefficient (Wildman–Crippen LogP) is 4.49. The SMILES string of the molecule is O=C(Cc1cccnc1)c1cc(CCCN2CCOCC2)ccc1OCc1ccc(F)cc1. The number of carbonyl (C=O) groups excluding carboxylic acids is 1. The van der Waals surface area contributed by atoms with E-state index in [0.717, 1.165) is 62.4 Å². The molecule has 5 nitrogen and oxygen atoms in total. The molecular formula is C27H29FN2O3. The summed E-state index contributed by atoms with van der Waals surface area (Å²) in [6.45, 7) is 4.84. The van der Waals surface area contributed by atoms with Gasteiger partial charge in [0.25, 0.3) is 0 Å². The lowest BCUT2D eigenvalue weighted by molar-refractivity contribution is 0.0374. The second kappa shape index (κ2) is 11.7. The molecule has 0 radical (unpaired) electrons. The van der Waals surface area contributed by atoms with Gasteiger partial charge in [-0.05, 0) is 66.4 Å². The maximum absolute atomic E-state index is 13.2. The number of aromatic nitrogens is 1. The minimum Gasteiger partial charge on any atom is -0.488 e. The van der Waals surface area contributed by atoms with Crippen LogP contribution in [0.5, 0.6) is 5.75 Å². The fraction of sp³-hybridized carbons (Fsp3) is 0.333. The molecule has 0 unspecified atom stereocenters. The Balaban J connectivity index is 1.46. The molecule has 0 saturated carbocycles. The van der Waals surface area contributed by atoms with Crippen LogP contribution in [-0.4, -0.2) is 48.5 Å². The highest BCUT2D eigenvalue weighted by Crippen LogP contribution is 2.24. The second-order valence-corrected chi connectivity index (χ2v) is 8.26. The molecule has 0 spiro atoms. The minimum absolute atomic E-state index is 0.00728. The molecule has 1 fully saturated rings. The van der Waals surface area contributed by atoms with E-state index in [-0.39, 0.29) is 24.6 Å². The summed E-state index contributed by atoms with van der Waals surface area (Å²) in [6, 6.07) is 15.8. The summed E-state index contributed by atoms with van der Waals surface area (Å²) < 4.78 is 24.6. The number of morpholine rings is 1. The first-order chi connectivity index (χ1) is 16.2. The number of hydrogen-bond donors (Lipinski definition) is 0. The highest BCUT2D eigenvalue weighted by atomic mass is 19.1. The number of ether oxygens (including phenoxy) is 2. The molecule has 3 aromatic rings. The van der Waals surface area contributed by atoms with Crippen molar-refractivity contribution >= 4 is 5.78 Å². The lowest BCUT2D eigenvalue weighted by Gasteiger charge is -2.26. The topological polar surface area (TPSA) is 51.7 Å². The molecule has 4 rings (SSSR count). The fourth-order valence-corrected chi connectivity index (χ4v) is 3.93. The van der Waals surface area contributed by atoms with Crippen LogP contribution in [0.4, 0.5) is 4.39 Å². The van der Waals surface area contributed by atoms with Crippen LogP contribution in [0, 0.1) is 5.82 Å². The van der Waals surface area contributed by atoms with E-state index in [0.29, 0.717) is 11.3 Å². The zero-order chi connectivity index (χ0) is 22.9. The Kier molecular flexibility index (Phi) is 8.17. The Morgan fingerprint density at radius 3 is 2.58 bits per heavy atom. The number of pyridine rings is 1. The Labute approximate surface area is 194 Å². The van der Waals surface area contributed by atoms with Crippen molar-refractivity contribution in [1.29, 1.82) is 0 Å². The second-order valence-electron chi connectivity index (χ2n) is 8.26. The number of carbonyl (C=O) groups is 1. The molecule has 0 aliphatic carbocycles. The third-order valence-corrected chi connectivity index (χ3v) is 5.78. The van der Waals surface area contributed by atoms with Crippen LogP contribution >= 0.6 is 0 Å². The number of rotatable bonds is 10. The number of Topliss-reactive ketones (excluding diaryl/α,β-unsaturated/α-hetero) is 1. The molecule has 1 aliphatic heterocycles. The first-order valence-electron chi connectivity index (χ1n) is 11.4. The summed E-state index contributed by atoms with van der Waals surface area (Å²) in [4.78, 5) is 19.7. The lowest BCUT2D eigenvalue weighted by Crippen LogP contribution is -2.36. The van der Waals surface area contributed by atoms with Crippen LogP contribution in [-0.2, 0) is 24.2 Å². The summed E-state index contributed by atoms with van der Waals surface area (Å²) in [5.74, 6) is 0.254. The number of nitrogens with zero attached hydrogens (tertiary/aromatic N) is 2. The monoisotopic (exact) mass is 448 g/mol. The van der Waals surface area contributed by atoms with Gasteiger partial charge < -0.3 is 9.47 Å². The summed E-state index contributed by atoms with van der Waals surface area (Å²) in [5.41, 5.74) is 3.40. The van der Waals surface area contributed by atoms with Gasteiger partial charge in [0.1, 0.15) is 18.2 Å². The average Bonchev–Trinajstić information content (AvgIpc) is 2.85. The van der Waals surface area contributed by atoms with Crippen LogP contribution in [0.25, 0.3) is 0 Å². The van der Waals surface area contributed by atoms with E-state index in [4.69, 9.17) is 9.47 Å². The molecule has 1 aliphatic rings. The smallest absolute Gasteiger partial charge is 0.171 e. The van der Waals surface area contributed by atoms with Crippen LogP contribution in [0.2, 0.25) is 0 Å². The number of halogens is 1. The normalized spacial score (nSPS) is 14.2. The van der Waals surface area contributed by atoms with Gasteiger partial charge in [0.15, 0.2) is 5.78 Å². The largest absolute Gasteiger partial charge is 0.488 e. The van der Waals surface area contributed by atoms with Crippen LogP contribution in [0.1, 0.15) is 33.5 Å². The summed E-state index contributed by atoms with van der Waals surface area (Å²) >= 11 is 0. The van der Waals surface area contributed by atoms with Crippen molar-refractivity contribution in [3.63, 3.8) is 0 Å². The van der Waals surface area contributed by atoms with Gasteiger partial charge in [-0.15, -0.1) is 0 Å². The Morgan fingerprint density at radius 2 is 1.82 bits per heavy atom. The molecule has 0 bridgehead atoms. The first-order valence-corrected chi connectivity index (χ1v) is 11.4. The zero-order valence-corrected chi connectivity index (χ0v) is 18.7. The van der Waals surface area contributed by atoms with Crippen molar-refractivity contribution in [2.75, 3.05) is 32.8 Å². The zero-order valence-electron chi connectivity index (χ0n) is 18.7. The summed E-state index contributed by atoms with van der Waals surface area (Å²) in [5, 5.41) is 0. The van der Waals surface area contributed by atoms with Crippen molar-refractivity contribution < 1.29 is 18.7 Å². The Morgan fingerprint density at radius 1 is 1.03 bits per heavy atom. The molecule has 2 heterocycles. The van der Waals surface area contributed by atoms with E-state index in [1.807, 2.05) is 30.3 Å². The van der Waals surface area contributed by atoms with E-state index < -0.39 is 0 Å². The van der Waals surface area contributed by atoms with Gasteiger partial charge in [-0.3, -0.25) is 14.7 Å². The molecule has 0 amide bonds. The molecule has 6 heteroatoms. The summed E-state index contributed by atoms with van der Waals surface area (Å²) in [6.07, 6.45) is 5.58. The maximum atomic E-state index is 13.2. The van der Waals surface area contributed by atoms with E-state index in [1.165, 1.54) is 12.1 Å². The predicted molar refractivity (Wildman–Crippen MR) is 125 cm³/mol. The third-order valence-electron chi connectivity index (χ3n) is 5.78. The van der Waals surface area contributed by atoms with Crippen LogP contribution in [0.15, 0.2) is 67.0 Å². The quantitative estimate of drug-likeness (QED) is 0.428. The summed E-state index contributed by atoms with van der Waals surface area (Å²) in [7, 11) is 0. The van der Waals surface area contributed by atoms with Crippen LogP contribution in [0.3, 0.4) is 0 Å². The standard InChI is InChI=1S/C27H29FN2O3/c28-24-8-5-22(6-9-24)20-33-27-10-7-21(4-2-12-30-13-15-32-16-14-30)17-25(27)26(31)18-23-3-1-11-29-19-23/h1,3,5-11,17,19H,2,4,12-16,18,20H2. The Hall–Kier alpha value is -3.09. The van der Waals surface area contributed by atoms with E-state index in [2.05, 4.69) is 9.88 Å². The highest BCUT2D eigenvalue weighted by molar-refractivity contribution is 6.00. The number of ketones is 1.